The zero-order valence-corrected chi connectivity index (χ0v) is 17.5. The number of hydrogen-bond donors (Lipinski definition) is 0. The van der Waals surface area contributed by atoms with Gasteiger partial charge in [-0.1, -0.05) is 72.8 Å². The highest BCUT2D eigenvalue weighted by Crippen LogP contribution is 2.20. The molecule has 1 saturated heterocycles. The molecule has 6 heteroatoms. The van der Waals surface area contributed by atoms with Crippen LogP contribution < -0.4 is 0 Å². The molecule has 0 bridgehead atoms. The predicted molar refractivity (Wildman–Crippen MR) is 120 cm³/mol. The molecule has 4 rings (SSSR count). The number of hydrogen-bond acceptors (Lipinski definition) is 3. The first-order valence-corrected chi connectivity index (χ1v) is 11.5. The van der Waals surface area contributed by atoms with E-state index >= 15 is 0 Å². The van der Waals surface area contributed by atoms with Crippen molar-refractivity contribution in [3.63, 3.8) is 0 Å². The summed E-state index contributed by atoms with van der Waals surface area (Å²) in [6.45, 7) is 1.43. The summed E-state index contributed by atoms with van der Waals surface area (Å²) in [4.78, 5) is 14.6. The van der Waals surface area contributed by atoms with Crippen LogP contribution in [0.3, 0.4) is 0 Å². The zero-order chi connectivity index (χ0) is 21.0. The maximum Gasteiger partial charge on any atom is 0.236 e. The van der Waals surface area contributed by atoms with Crippen molar-refractivity contribution in [1.29, 1.82) is 0 Å². The molecule has 5 nitrogen and oxygen atoms in total. The van der Waals surface area contributed by atoms with E-state index in [2.05, 4.69) is 0 Å². The molecule has 3 aromatic rings. The van der Waals surface area contributed by atoms with Crippen LogP contribution >= 0.6 is 0 Å². The highest BCUT2D eigenvalue weighted by molar-refractivity contribution is 7.92. The molecule has 1 aliphatic rings. The second kappa shape index (κ2) is 8.81. The fourth-order valence-electron chi connectivity index (χ4n) is 3.73. The summed E-state index contributed by atoms with van der Waals surface area (Å²) in [6.07, 6.45) is 1.93. The van der Waals surface area contributed by atoms with E-state index in [4.69, 9.17) is 0 Å². The van der Waals surface area contributed by atoms with E-state index in [1.165, 1.54) is 9.71 Å². The molecular weight excluding hydrogens is 396 g/mol. The van der Waals surface area contributed by atoms with E-state index < -0.39 is 10.0 Å². The fraction of sp³-hybridized carbons (Fsp3) is 0.208. The Kier molecular flexibility index (Phi) is 5.97. The number of sulfonamides is 1. The molecule has 1 heterocycles. The van der Waals surface area contributed by atoms with Crippen LogP contribution in [0.25, 0.3) is 16.8 Å². The fourth-order valence-corrected chi connectivity index (χ4v) is 4.90. The molecule has 154 valence electrons. The second-order valence-corrected chi connectivity index (χ2v) is 9.17. The lowest BCUT2D eigenvalue weighted by molar-refractivity contribution is -0.131. The summed E-state index contributed by atoms with van der Waals surface area (Å²) in [6, 6.07) is 23.4. The number of carbonyl (C=O) groups is 1. The first-order valence-electron chi connectivity index (χ1n) is 10.0. The van der Waals surface area contributed by atoms with Gasteiger partial charge in [-0.2, -0.15) is 4.31 Å². The van der Waals surface area contributed by atoms with Crippen molar-refractivity contribution in [1.82, 2.24) is 9.21 Å². The van der Waals surface area contributed by atoms with Gasteiger partial charge in [0.1, 0.15) is 0 Å². The Hall–Kier alpha value is -2.96. The lowest BCUT2D eigenvalue weighted by Gasteiger charge is -2.33. The maximum atomic E-state index is 12.8. The average Bonchev–Trinajstić information content (AvgIpc) is 2.79. The van der Waals surface area contributed by atoms with E-state index in [0.717, 1.165) is 21.9 Å². The van der Waals surface area contributed by atoms with Gasteiger partial charge >= 0.3 is 0 Å². The van der Waals surface area contributed by atoms with Crippen LogP contribution in [0.4, 0.5) is 0 Å². The maximum absolute atomic E-state index is 12.8. The number of nitrogens with zero attached hydrogens (tertiary/aromatic N) is 2. The highest BCUT2D eigenvalue weighted by Gasteiger charge is 2.27. The van der Waals surface area contributed by atoms with Crippen LogP contribution in [0.1, 0.15) is 11.1 Å². The minimum Gasteiger partial charge on any atom is -0.340 e. The van der Waals surface area contributed by atoms with E-state index in [-0.39, 0.29) is 5.91 Å². The van der Waals surface area contributed by atoms with Gasteiger partial charge in [0, 0.05) is 31.6 Å². The SMILES string of the molecule is O=C(Cc1cccc2ccccc12)N1CCN(S(=O)(=O)C=Cc2ccccc2)CC1. The van der Waals surface area contributed by atoms with Gasteiger partial charge in [0.2, 0.25) is 15.9 Å². The van der Waals surface area contributed by atoms with Crippen molar-refractivity contribution in [2.75, 3.05) is 26.2 Å². The number of benzene rings is 3. The monoisotopic (exact) mass is 420 g/mol. The van der Waals surface area contributed by atoms with Crippen molar-refractivity contribution in [3.05, 3.63) is 89.3 Å². The molecule has 1 aliphatic heterocycles. The lowest BCUT2D eigenvalue weighted by atomic mass is 10.0. The van der Waals surface area contributed by atoms with Crippen LogP contribution in [0.5, 0.6) is 0 Å². The summed E-state index contributed by atoms with van der Waals surface area (Å²) in [7, 11) is -3.50. The van der Waals surface area contributed by atoms with E-state index in [9.17, 15) is 13.2 Å². The number of carbonyl (C=O) groups excluding carboxylic acids is 1. The van der Waals surface area contributed by atoms with Gasteiger partial charge in [-0.15, -0.1) is 0 Å². The molecule has 0 aliphatic carbocycles. The number of fused-ring (bicyclic) bond motifs is 1. The van der Waals surface area contributed by atoms with Crippen molar-refractivity contribution in [2.24, 2.45) is 0 Å². The molecular formula is C24H24N2O3S. The molecule has 3 aromatic carbocycles. The third kappa shape index (κ3) is 4.61. The van der Waals surface area contributed by atoms with Gasteiger partial charge in [0.25, 0.3) is 0 Å². The third-order valence-electron chi connectivity index (χ3n) is 5.40. The normalized spacial score (nSPS) is 15.7. The minimum atomic E-state index is -3.50. The van der Waals surface area contributed by atoms with Crippen molar-refractivity contribution in [3.8, 4) is 0 Å². The number of amides is 1. The van der Waals surface area contributed by atoms with Gasteiger partial charge in [-0.25, -0.2) is 8.42 Å². The Labute approximate surface area is 177 Å². The quantitative estimate of drug-likeness (QED) is 0.635. The summed E-state index contributed by atoms with van der Waals surface area (Å²) in [5, 5.41) is 3.44. The van der Waals surface area contributed by atoms with Crippen LogP contribution in [0.2, 0.25) is 0 Å². The molecule has 0 saturated carbocycles. The third-order valence-corrected chi connectivity index (χ3v) is 6.97. The van der Waals surface area contributed by atoms with Crippen molar-refractivity contribution in [2.45, 2.75) is 6.42 Å². The van der Waals surface area contributed by atoms with Crippen LogP contribution in [-0.4, -0.2) is 49.7 Å². The van der Waals surface area contributed by atoms with Crippen LogP contribution in [0, 0.1) is 0 Å². The topological polar surface area (TPSA) is 57.7 Å². The van der Waals surface area contributed by atoms with Crippen LogP contribution in [0.15, 0.2) is 78.2 Å². The van der Waals surface area contributed by atoms with Gasteiger partial charge in [-0.3, -0.25) is 4.79 Å². The van der Waals surface area contributed by atoms with Gasteiger partial charge in [0.05, 0.1) is 6.42 Å². The average molecular weight is 421 g/mol. The molecule has 1 amide bonds. The lowest BCUT2D eigenvalue weighted by Crippen LogP contribution is -2.50. The molecule has 0 aromatic heterocycles. The first-order chi connectivity index (χ1) is 14.5. The van der Waals surface area contributed by atoms with Crippen molar-refractivity contribution < 1.29 is 13.2 Å². The molecule has 30 heavy (non-hydrogen) atoms. The standard InChI is InChI=1S/C24H24N2O3S/c27-24(19-22-11-6-10-21-9-4-5-12-23(21)22)25-14-16-26(17-15-25)30(28,29)18-13-20-7-2-1-3-8-20/h1-13,18H,14-17,19H2. The predicted octanol–water partition coefficient (Wildman–Crippen LogP) is 3.53. The van der Waals surface area contributed by atoms with E-state index in [0.29, 0.717) is 32.6 Å². The minimum absolute atomic E-state index is 0.0308. The Morgan fingerprint density at radius 3 is 2.27 bits per heavy atom. The zero-order valence-electron chi connectivity index (χ0n) is 16.6. The van der Waals surface area contributed by atoms with E-state index in [1.807, 2.05) is 72.8 Å². The molecule has 0 spiro atoms. The number of rotatable bonds is 5. The smallest absolute Gasteiger partial charge is 0.236 e. The molecule has 0 atom stereocenters. The highest BCUT2D eigenvalue weighted by atomic mass is 32.2. The number of piperazine rings is 1. The molecule has 1 fully saturated rings. The first kappa shape index (κ1) is 20.3. The van der Waals surface area contributed by atoms with Gasteiger partial charge < -0.3 is 4.90 Å². The molecule has 0 unspecified atom stereocenters. The van der Waals surface area contributed by atoms with Crippen LogP contribution in [-0.2, 0) is 21.2 Å². The Morgan fingerprint density at radius 1 is 0.833 bits per heavy atom. The summed E-state index contributed by atoms with van der Waals surface area (Å²) >= 11 is 0. The van der Waals surface area contributed by atoms with Gasteiger partial charge in [-0.05, 0) is 28.0 Å². The van der Waals surface area contributed by atoms with Gasteiger partial charge in [0.15, 0.2) is 0 Å². The van der Waals surface area contributed by atoms with E-state index in [1.54, 1.807) is 11.0 Å². The Balaban J connectivity index is 1.38. The second-order valence-electron chi connectivity index (χ2n) is 7.35. The summed E-state index contributed by atoms with van der Waals surface area (Å²) < 4.78 is 26.7. The largest absolute Gasteiger partial charge is 0.340 e. The molecule has 0 radical (unpaired) electrons. The Bertz CT molecular complexity index is 1160. The van der Waals surface area contributed by atoms with Crippen molar-refractivity contribution >= 4 is 32.8 Å². The molecule has 0 N–H and O–H groups in total. The summed E-state index contributed by atoms with van der Waals surface area (Å²) in [5.74, 6) is 0.0308. The summed E-state index contributed by atoms with van der Waals surface area (Å²) in [5.41, 5.74) is 1.84. The Morgan fingerprint density at radius 2 is 1.50 bits per heavy atom.